The van der Waals surface area contributed by atoms with Crippen LogP contribution in [0.3, 0.4) is 0 Å². The SMILES string of the molecule is Cc1cc(C)c(C)c(N([O])c2cc([N+](=O)[O-])ccc2O)c1C. The number of nitro benzene ring substituents is 1. The molecule has 0 heterocycles. The van der Waals surface area contributed by atoms with Crippen LogP contribution in [0.15, 0.2) is 24.3 Å². The Morgan fingerprint density at radius 1 is 1.05 bits per heavy atom. The summed E-state index contributed by atoms with van der Waals surface area (Å²) in [6, 6.07) is 5.38. The highest BCUT2D eigenvalue weighted by Gasteiger charge is 2.21. The minimum absolute atomic E-state index is 0.134. The second-order valence-corrected chi connectivity index (χ2v) is 5.33. The maximum atomic E-state index is 12.7. The molecule has 0 fully saturated rings. The lowest BCUT2D eigenvalue weighted by Crippen LogP contribution is -2.13. The van der Waals surface area contributed by atoms with Gasteiger partial charge in [0.25, 0.3) is 5.69 Å². The zero-order chi connectivity index (χ0) is 16.6. The average molecular weight is 301 g/mol. The first-order valence-corrected chi connectivity index (χ1v) is 6.76. The number of aromatic hydroxyl groups is 1. The minimum Gasteiger partial charge on any atom is -0.506 e. The Balaban J connectivity index is 2.65. The number of nitrogens with zero attached hydrogens (tertiary/aromatic N) is 2. The smallest absolute Gasteiger partial charge is 0.271 e. The minimum atomic E-state index is -0.599. The monoisotopic (exact) mass is 301 g/mol. The summed E-state index contributed by atoms with van der Waals surface area (Å²) in [5.74, 6) is -0.293. The van der Waals surface area contributed by atoms with Crippen LogP contribution >= 0.6 is 0 Å². The Labute approximate surface area is 128 Å². The topological polar surface area (TPSA) is 86.5 Å². The highest BCUT2D eigenvalue weighted by atomic mass is 16.6. The third-order valence-electron chi connectivity index (χ3n) is 3.92. The Morgan fingerprint density at radius 2 is 1.59 bits per heavy atom. The molecule has 0 aliphatic heterocycles. The highest BCUT2D eigenvalue weighted by Crippen LogP contribution is 2.39. The quantitative estimate of drug-likeness (QED) is 0.685. The Morgan fingerprint density at radius 3 is 2.09 bits per heavy atom. The molecule has 0 unspecified atom stereocenters. The van der Waals surface area contributed by atoms with Gasteiger partial charge in [0.05, 0.1) is 10.6 Å². The van der Waals surface area contributed by atoms with E-state index in [2.05, 4.69) is 0 Å². The molecule has 0 aliphatic carbocycles. The second-order valence-electron chi connectivity index (χ2n) is 5.33. The molecule has 0 spiro atoms. The number of nitro groups is 1. The van der Waals surface area contributed by atoms with E-state index in [9.17, 15) is 20.4 Å². The summed E-state index contributed by atoms with van der Waals surface area (Å²) in [5, 5.41) is 34.1. The molecule has 115 valence electrons. The van der Waals surface area contributed by atoms with E-state index in [0.29, 0.717) is 10.8 Å². The van der Waals surface area contributed by atoms with Crippen molar-refractivity contribution in [2.45, 2.75) is 27.7 Å². The van der Waals surface area contributed by atoms with E-state index >= 15 is 0 Å². The van der Waals surface area contributed by atoms with Gasteiger partial charge in [-0.05, 0) is 56.0 Å². The first-order chi connectivity index (χ1) is 10.2. The van der Waals surface area contributed by atoms with Crippen molar-refractivity contribution in [3.8, 4) is 5.75 Å². The summed E-state index contributed by atoms with van der Waals surface area (Å²) in [6.07, 6.45) is 0. The number of hydrogen-bond donors (Lipinski definition) is 1. The van der Waals surface area contributed by atoms with Gasteiger partial charge in [-0.3, -0.25) is 10.1 Å². The first-order valence-electron chi connectivity index (χ1n) is 6.76. The van der Waals surface area contributed by atoms with Gasteiger partial charge in [0, 0.05) is 12.1 Å². The van der Waals surface area contributed by atoms with Crippen LogP contribution in [-0.2, 0) is 5.21 Å². The van der Waals surface area contributed by atoms with Crippen LogP contribution in [0.4, 0.5) is 17.1 Å². The number of non-ortho nitro benzene ring substituents is 1. The van der Waals surface area contributed by atoms with E-state index in [-0.39, 0.29) is 17.1 Å². The molecular weight excluding hydrogens is 284 g/mol. The van der Waals surface area contributed by atoms with Gasteiger partial charge in [-0.25, -0.2) is 0 Å². The number of aryl methyl sites for hydroxylation is 2. The van der Waals surface area contributed by atoms with E-state index in [0.717, 1.165) is 40.5 Å². The summed E-state index contributed by atoms with van der Waals surface area (Å²) < 4.78 is 0. The molecule has 0 saturated heterocycles. The van der Waals surface area contributed by atoms with E-state index < -0.39 is 4.92 Å². The lowest BCUT2D eigenvalue weighted by Gasteiger charge is -2.22. The zero-order valence-corrected chi connectivity index (χ0v) is 12.9. The van der Waals surface area contributed by atoms with Crippen molar-refractivity contribution in [1.82, 2.24) is 0 Å². The summed E-state index contributed by atoms with van der Waals surface area (Å²) in [6.45, 7) is 7.42. The van der Waals surface area contributed by atoms with Gasteiger partial charge < -0.3 is 5.11 Å². The molecule has 2 aromatic rings. The van der Waals surface area contributed by atoms with Crippen LogP contribution in [0, 0.1) is 37.8 Å². The predicted octanol–water partition coefficient (Wildman–Crippen LogP) is 4.02. The fourth-order valence-corrected chi connectivity index (χ4v) is 2.41. The Bertz CT molecular complexity index is 730. The van der Waals surface area contributed by atoms with Crippen LogP contribution < -0.4 is 5.06 Å². The number of hydrogen-bond acceptors (Lipinski definition) is 4. The summed E-state index contributed by atoms with van der Waals surface area (Å²) in [4.78, 5) is 10.3. The molecule has 0 atom stereocenters. The predicted molar refractivity (Wildman–Crippen MR) is 83.0 cm³/mol. The van der Waals surface area contributed by atoms with E-state index in [4.69, 9.17) is 0 Å². The molecule has 0 bridgehead atoms. The lowest BCUT2D eigenvalue weighted by atomic mass is 9.98. The third kappa shape index (κ3) is 2.60. The molecule has 2 aromatic carbocycles. The van der Waals surface area contributed by atoms with Crippen LogP contribution in [-0.4, -0.2) is 10.0 Å². The Kier molecular flexibility index (Phi) is 4.05. The largest absolute Gasteiger partial charge is 0.506 e. The first kappa shape index (κ1) is 15.8. The van der Waals surface area contributed by atoms with Crippen molar-refractivity contribution < 1.29 is 15.2 Å². The number of phenolic OH excluding ortho intramolecular Hbond substituents is 1. The lowest BCUT2D eigenvalue weighted by molar-refractivity contribution is -0.384. The summed E-state index contributed by atoms with van der Waals surface area (Å²) in [7, 11) is 0. The summed E-state index contributed by atoms with van der Waals surface area (Å²) >= 11 is 0. The van der Waals surface area contributed by atoms with E-state index in [1.807, 2.05) is 33.8 Å². The zero-order valence-electron chi connectivity index (χ0n) is 12.9. The normalized spacial score (nSPS) is 10.6. The van der Waals surface area contributed by atoms with Crippen molar-refractivity contribution in [2.75, 3.05) is 5.06 Å². The maximum absolute atomic E-state index is 12.7. The van der Waals surface area contributed by atoms with Gasteiger partial charge in [-0.1, -0.05) is 11.3 Å². The van der Waals surface area contributed by atoms with Crippen molar-refractivity contribution in [1.29, 1.82) is 0 Å². The standard InChI is InChI=1S/C16H17N2O4/c1-9-7-10(2)12(4)16(11(9)3)17(20)14-8-13(18(21)22)5-6-15(14)19/h5-8,19H,1-4H3. The van der Waals surface area contributed by atoms with Crippen LogP contribution in [0.2, 0.25) is 0 Å². The van der Waals surface area contributed by atoms with Gasteiger partial charge in [-0.15, -0.1) is 0 Å². The van der Waals surface area contributed by atoms with E-state index in [1.165, 1.54) is 0 Å². The van der Waals surface area contributed by atoms with Crippen molar-refractivity contribution in [3.05, 3.63) is 56.6 Å². The van der Waals surface area contributed by atoms with Crippen LogP contribution in [0.1, 0.15) is 22.3 Å². The molecule has 0 saturated carbocycles. The van der Waals surface area contributed by atoms with Gasteiger partial charge in [0.1, 0.15) is 11.4 Å². The maximum Gasteiger partial charge on any atom is 0.271 e. The number of benzene rings is 2. The van der Waals surface area contributed by atoms with Crippen LogP contribution in [0.25, 0.3) is 0 Å². The molecule has 2 rings (SSSR count). The fourth-order valence-electron chi connectivity index (χ4n) is 2.41. The van der Waals surface area contributed by atoms with Crippen molar-refractivity contribution in [3.63, 3.8) is 0 Å². The van der Waals surface area contributed by atoms with Gasteiger partial charge in [0.2, 0.25) is 0 Å². The molecule has 0 aromatic heterocycles. The molecule has 1 radical (unpaired) electrons. The molecule has 0 amide bonds. The third-order valence-corrected chi connectivity index (χ3v) is 3.92. The highest BCUT2D eigenvalue weighted by molar-refractivity contribution is 5.74. The number of anilines is 2. The van der Waals surface area contributed by atoms with Gasteiger partial charge >= 0.3 is 0 Å². The molecule has 6 heteroatoms. The number of rotatable bonds is 3. The number of phenols is 1. The molecule has 0 aliphatic rings. The molecule has 1 N–H and O–H groups in total. The molecule has 6 nitrogen and oxygen atoms in total. The molecule has 22 heavy (non-hydrogen) atoms. The molecular formula is C16H17N2O4. The Hall–Kier alpha value is -2.60. The van der Waals surface area contributed by atoms with Gasteiger partial charge in [-0.2, -0.15) is 5.06 Å². The van der Waals surface area contributed by atoms with Crippen molar-refractivity contribution >= 4 is 17.1 Å². The van der Waals surface area contributed by atoms with E-state index in [1.54, 1.807) is 0 Å². The average Bonchev–Trinajstić information content (AvgIpc) is 2.45. The summed E-state index contributed by atoms with van der Waals surface area (Å²) in [5.41, 5.74) is 3.49. The van der Waals surface area contributed by atoms with Crippen LogP contribution in [0.5, 0.6) is 5.75 Å². The van der Waals surface area contributed by atoms with Gasteiger partial charge in [0.15, 0.2) is 0 Å². The second kappa shape index (κ2) is 5.65. The van der Waals surface area contributed by atoms with Crippen molar-refractivity contribution in [2.24, 2.45) is 0 Å². The fraction of sp³-hybridized carbons (Fsp3) is 0.250.